The Kier molecular flexibility index (Phi) is 5.87. The van der Waals surface area contributed by atoms with Crippen LogP contribution in [0, 0.1) is 13.8 Å². The maximum Gasteiger partial charge on any atom is 0.277 e. The van der Waals surface area contributed by atoms with Crippen molar-refractivity contribution in [2.75, 3.05) is 6.61 Å². The first-order chi connectivity index (χ1) is 11.0. The van der Waals surface area contributed by atoms with Crippen molar-refractivity contribution in [1.82, 2.24) is 10.4 Å². The largest absolute Gasteiger partial charge is 0.483 e. The lowest BCUT2D eigenvalue weighted by Gasteiger charge is -2.14. The minimum atomic E-state index is -0.301. The third-order valence-electron chi connectivity index (χ3n) is 3.17. The van der Waals surface area contributed by atoms with Crippen molar-refractivity contribution >= 4 is 23.5 Å². The molecule has 1 heterocycles. The number of nitrogens with one attached hydrogen (secondary N) is 1. The maximum atomic E-state index is 11.8. The van der Waals surface area contributed by atoms with Crippen LogP contribution in [-0.4, -0.2) is 23.7 Å². The molecular formula is C17H21N3O2S. The lowest BCUT2D eigenvalue weighted by molar-refractivity contribution is -0.123. The van der Waals surface area contributed by atoms with Gasteiger partial charge in [-0.15, -0.1) is 11.3 Å². The average Bonchev–Trinajstić information content (AvgIpc) is 2.90. The molecule has 1 N–H and O–H groups in total. The summed E-state index contributed by atoms with van der Waals surface area (Å²) in [6.07, 6.45) is 1.52. The highest BCUT2D eigenvalue weighted by atomic mass is 32.1. The number of hydrazone groups is 1. The van der Waals surface area contributed by atoms with Gasteiger partial charge >= 0.3 is 0 Å². The van der Waals surface area contributed by atoms with E-state index in [1.165, 1.54) is 17.6 Å². The molecule has 5 nitrogen and oxygen atoms in total. The van der Waals surface area contributed by atoms with E-state index in [0.29, 0.717) is 5.92 Å². The number of amides is 1. The van der Waals surface area contributed by atoms with Crippen molar-refractivity contribution in [1.29, 1.82) is 0 Å². The van der Waals surface area contributed by atoms with E-state index in [-0.39, 0.29) is 12.5 Å². The van der Waals surface area contributed by atoms with E-state index in [4.69, 9.17) is 4.74 Å². The van der Waals surface area contributed by atoms with Crippen molar-refractivity contribution < 1.29 is 9.53 Å². The second-order valence-electron chi connectivity index (χ2n) is 5.57. The van der Waals surface area contributed by atoms with E-state index in [0.717, 1.165) is 27.6 Å². The van der Waals surface area contributed by atoms with Gasteiger partial charge in [0.05, 0.1) is 16.9 Å². The zero-order chi connectivity index (χ0) is 16.8. The Labute approximate surface area is 140 Å². The Hall–Kier alpha value is -2.21. The van der Waals surface area contributed by atoms with Gasteiger partial charge in [0.2, 0.25) is 0 Å². The van der Waals surface area contributed by atoms with Crippen molar-refractivity contribution in [2.24, 2.45) is 5.10 Å². The molecule has 6 heteroatoms. The van der Waals surface area contributed by atoms with Gasteiger partial charge in [-0.25, -0.2) is 10.4 Å². The van der Waals surface area contributed by atoms with E-state index in [1.807, 2.05) is 37.4 Å². The number of aryl methyl sites for hydroxylation is 2. The third kappa shape index (κ3) is 5.17. The normalized spacial score (nSPS) is 11.2. The molecule has 23 heavy (non-hydrogen) atoms. The Morgan fingerprint density at radius 2 is 2.22 bits per heavy atom. The summed E-state index contributed by atoms with van der Waals surface area (Å²) in [5.41, 5.74) is 5.36. The van der Waals surface area contributed by atoms with Gasteiger partial charge in [-0.3, -0.25) is 4.79 Å². The molecule has 0 unspecified atom stereocenters. The summed E-state index contributed by atoms with van der Waals surface area (Å²) in [5, 5.41) is 6.72. The SMILES string of the molecule is Cc1ccc(C(C)C)c(OCC(=O)N/N=C/c2csc(C)n2)c1. The number of hydrogen-bond donors (Lipinski definition) is 1. The summed E-state index contributed by atoms with van der Waals surface area (Å²) < 4.78 is 5.65. The van der Waals surface area contributed by atoms with Crippen molar-refractivity contribution in [3.05, 3.63) is 45.4 Å². The van der Waals surface area contributed by atoms with Gasteiger partial charge in [0.25, 0.3) is 5.91 Å². The standard InChI is InChI=1S/C17H21N3O2S/c1-11(2)15-6-5-12(3)7-16(15)22-9-17(21)20-18-8-14-10-23-13(4)19-14/h5-8,10-11H,9H2,1-4H3,(H,20,21)/b18-8+. The summed E-state index contributed by atoms with van der Waals surface area (Å²) in [4.78, 5) is 16.0. The average molecular weight is 331 g/mol. The molecule has 122 valence electrons. The van der Waals surface area contributed by atoms with Gasteiger partial charge in [-0.2, -0.15) is 5.10 Å². The monoisotopic (exact) mass is 331 g/mol. The smallest absolute Gasteiger partial charge is 0.277 e. The van der Waals surface area contributed by atoms with Crippen LogP contribution in [0.2, 0.25) is 0 Å². The van der Waals surface area contributed by atoms with E-state index in [2.05, 4.69) is 29.4 Å². The molecule has 0 bridgehead atoms. The van der Waals surface area contributed by atoms with Crippen LogP contribution < -0.4 is 10.2 Å². The first kappa shape index (κ1) is 17.1. The lowest BCUT2D eigenvalue weighted by atomic mass is 10.0. The minimum Gasteiger partial charge on any atom is -0.483 e. The number of rotatable bonds is 6. The molecule has 0 radical (unpaired) electrons. The number of carbonyl (C=O) groups excluding carboxylic acids is 1. The van der Waals surface area contributed by atoms with Crippen LogP contribution in [0.1, 0.15) is 41.6 Å². The minimum absolute atomic E-state index is 0.0728. The second kappa shape index (κ2) is 7.87. The van der Waals surface area contributed by atoms with Crippen LogP contribution in [0.3, 0.4) is 0 Å². The van der Waals surface area contributed by atoms with Gasteiger partial charge in [0, 0.05) is 5.38 Å². The second-order valence-corrected chi connectivity index (χ2v) is 6.63. The molecule has 0 aliphatic heterocycles. The highest BCUT2D eigenvalue weighted by Crippen LogP contribution is 2.27. The molecule has 1 amide bonds. The van der Waals surface area contributed by atoms with Crippen molar-refractivity contribution in [3.8, 4) is 5.75 Å². The van der Waals surface area contributed by atoms with Gasteiger partial charge in [-0.1, -0.05) is 26.0 Å². The maximum absolute atomic E-state index is 11.8. The van der Waals surface area contributed by atoms with Gasteiger partial charge in [0.15, 0.2) is 6.61 Å². The predicted octanol–water partition coefficient (Wildman–Crippen LogP) is 3.41. The highest BCUT2D eigenvalue weighted by Gasteiger charge is 2.10. The topological polar surface area (TPSA) is 63.6 Å². The van der Waals surface area contributed by atoms with Crippen LogP contribution in [0.5, 0.6) is 5.75 Å². The van der Waals surface area contributed by atoms with Crippen LogP contribution in [0.25, 0.3) is 0 Å². The number of benzene rings is 1. The number of carbonyl (C=O) groups is 1. The molecule has 0 fully saturated rings. The predicted molar refractivity (Wildman–Crippen MR) is 93.4 cm³/mol. The Balaban J connectivity index is 1.89. The van der Waals surface area contributed by atoms with Crippen LogP contribution in [0.4, 0.5) is 0 Å². The molecule has 0 atom stereocenters. The molecule has 1 aromatic heterocycles. The fraction of sp³-hybridized carbons (Fsp3) is 0.353. The number of aromatic nitrogens is 1. The van der Waals surface area contributed by atoms with Gasteiger partial charge in [0.1, 0.15) is 5.75 Å². The molecule has 2 rings (SSSR count). The lowest BCUT2D eigenvalue weighted by Crippen LogP contribution is -2.25. The van der Waals surface area contributed by atoms with Crippen LogP contribution in [-0.2, 0) is 4.79 Å². The van der Waals surface area contributed by atoms with Gasteiger partial charge in [-0.05, 0) is 37.0 Å². The third-order valence-corrected chi connectivity index (χ3v) is 3.96. The molecule has 2 aromatic rings. The van der Waals surface area contributed by atoms with E-state index < -0.39 is 0 Å². The number of thiazole rings is 1. The Bertz CT molecular complexity index is 708. The van der Waals surface area contributed by atoms with Crippen molar-refractivity contribution in [2.45, 2.75) is 33.6 Å². The molecule has 0 spiro atoms. The van der Waals surface area contributed by atoms with Crippen LogP contribution in [0.15, 0.2) is 28.7 Å². The summed E-state index contributed by atoms with van der Waals surface area (Å²) >= 11 is 1.54. The van der Waals surface area contributed by atoms with Crippen LogP contribution >= 0.6 is 11.3 Å². The number of hydrogen-bond acceptors (Lipinski definition) is 5. The Morgan fingerprint density at radius 1 is 1.43 bits per heavy atom. The Morgan fingerprint density at radius 3 is 2.87 bits per heavy atom. The molecule has 0 saturated heterocycles. The zero-order valence-electron chi connectivity index (χ0n) is 13.8. The molecule has 0 aliphatic rings. The summed E-state index contributed by atoms with van der Waals surface area (Å²) in [6, 6.07) is 6.03. The van der Waals surface area contributed by atoms with E-state index >= 15 is 0 Å². The molecular weight excluding hydrogens is 310 g/mol. The number of ether oxygens (including phenoxy) is 1. The summed E-state index contributed by atoms with van der Waals surface area (Å²) in [5.74, 6) is 0.776. The first-order valence-corrected chi connectivity index (χ1v) is 8.31. The molecule has 0 aliphatic carbocycles. The highest BCUT2D eigenvalue weighted by molar-refractivity contribution is 7.09. The first-order valence-electron chi connectivity index (χ1n) is 7.43. The van der Waals surface area contributed by atoms with E-state index in [9.17, 15) is 4.79 Å². The van der Waals surface area contributed by atoms with Gasteiger partial charge < -0.3 is 4.74 Å². The summed E-state index contributed by atoms with van der Waals surface area (Å²) in [6.45, 7) is 8.03. The zero-order valence-corrected chi connectivity index (χ0v) is 14.6. The van der Waals surface area contributed by atoms with E-state index in [1.54, 1.807) is 0 Å². The van der Waals surface area contributed by atoms with Crippen molar-refractivity contribution in [3.63, 3.8) is 0 Å². The number of nitrogens with zero attached hydrogens (tertiary/aromatic N) is 2. The quantitative estimate of drug-likeness (QED) is 0.652. The molecule has 1 aromatic carbocycles. The summed E-state index contributed by atoms with van der Waals surface area (Å²) in [7, 11) is 0. The molecule has 0 saturated carbocycles. The fourth-order valence-electron chi connectivity index (χ4n) is 2.03. The fourth-order valence-corrected chi connectivity index (χ4v) is 2.59.